The third-order valence-electron chi connectivity index (χ3n) is 5.44. The lowest BCUT2D eigenvalue weighted by Gasteiger charge is -2.14. The van der Waals surface area contributed by atoms with E-state index in [1.807, 2.05) is 18.2 Å². The van der Waals surface area contributed by atoms with Crippen LogP contribution >= 0.6 is 23.4 Å². The Hall–Kier alpha value is -3.63. The summed E-state index contributed by atoms with van der Waals surface area (Å²) >= 11 is 7.03. The van der Waals surface area contributed by atoms with E-state index < -0.39 is 11.7 Å². The first kappa shape index (κ1) is 24.1. The fourth-order valence-electron chi connectivity index (χ4n) is 3.74. The molecule has 4 aromatic rings. The fourth-order valence-corrected chi connectivity index (χ4v) is 4.73. The molecule has 11 heteroatoms. The number of hydrogen-bond acceptors (Lipinski definition) is 5. The summed E-state index contributed by atoms with van der Waals surface area (Å²) in [5.41, 5.74) is 1.64. The number of aliphatic imine (C=N–C) groups is 1. The topological polar surface area (TPSA) is 72.2 Å². The molecule has 0 bridgehead atoms. The van der Waals surface area contributed by atoms with E-state index >= 15 is 0 Å². The van der Waals surface area contributed by atoms with E-state index in [2.05, 4.69) is 20.4 Å². The normalized spacial score (nSPS) is 16.3. The second-order valence-electron chi connectivity index (χ2n) is 7.97. The number of aromatic nitrogens is 3. The highest BCUT2D eigenvalue weighted by Crippen LogP contribution is 2.34. The van der Waals surface area contributed by atoms with Crippen LogP contribution in [0.2, 0.25) is 5.02 Å². The minimum atomic E-state index is -4.53. The Bertz CT molecular complexity index is 1520. The molecule has 1 amide bonds. The quantitative estimate of drug-likeness (QED) is 0.327. The van der Waals surface area contributed by atoms with E-state index in [9.17, 15) is 18.0 Å². The van der Waals surface area contributed by atoms with Crippen LogP contribution in [-0.2, 0) is 24.1 Å². The standard InChI is InChI=1S/C25H17ClF3N5OS/c26-19-5-4-17(20(10-19)25(27,28)29)14-34-21-6-3-15(8-18(21)13-32-34)9-22-23(35)33-24(36-22)31-12-16-2-1-7-30-11-16/h1-11,13H,12,14H2,(H,31,33,35). The van der Waals surface area contributed by atoms with Crippen LogP contribution in [0.1, 0.15) is 22.3 Å². The van der Waals surface area contributed by atoms with Gasteiger partial charge in [0.15, 0.2) is 5.17 Å². The number of nitrogens with zero attached hydrogens (tertiary/aromatic N) is 4. The molecule has 0 atom stereocenters. The molecule has 2 aromatic carbocycles. The van der Waals surface area contributed by atoms with Gasteiger partial charge in [-0.25, -0.2) is 0 Å². The van der Waals surface area contributed by atoms with Crippen LogP contribution in [-0.4, -0.2) is 25.8 Å². The molecule has 0 aliphatic carbocycles. The number of carbonyl (C=O) groups excluding carboxylic acids is 1. The summed E-state index contributed by atoms with van der Waals surface area (Å²) in [5, 5.41) is 8.29. The number of carbonyl (C=O) groups is 1. The number of fused-ring (bicyclic) bond motifs is 1. The third-order valence-corrected chi connectivity index (χ3v) is 6.62. The van der Waals surface area contributed by atoms with Crippen molar-refractivity contribution >= 4 is 51.4 Å². The van der Waals surface area contributed by atoms with Crippen molar-refractivity contribution in [2.45, 2.75) is 19.3 Å². The molecule has 36 heavy (non-hydrogen) atoms. The number of benzene rings is 2. The number of hydrogen-bond donors (Lipinski definition) is 1. The van der Waals surface area contributed by atoms with Crippen LogP contribution in [0.4, 0.5) is 13.2 Å². The van der Waals surface area contributed by atoms with Gasteiger partial charge in [-0.3, -0.25) is 19.5 Å². The summed E-state index contributed by atoms with van der Waals surface area (Å²) in [6.07, 6.45) is 2.20. The Morgan fingerprint density at radius 3 is 2.78 bits per heavy atom. The van der Waals surface area contributed by atoms with E-state index in [4.69, 9.17) is 11.6 Å². The average Bonchev–Trinajstić information content (AvgIpc) is 3.41. The zero-order valence-corrected chi connectivity index (χ0v) is 20.0. The van der Waals surface area contributed by atoms with Crippen LogP contribution < -0.4 is 5.32 Å². The highest BCUT2D eigenvalue weighted by molar-refractivity contribution is 8.18. The summed E-state index contributed by atoms with van der Waals surface area (Å²) in [7, 11) is 0. The molecule has 0 radical (unpaired) electrons. The van der Waals surface area contributed by atoms with Gasteiger partial charge >= 0.3 is 6.18 Å². The van der Waals surface area contributed by atoms with Gasteiger partial charge in [0.25, 0.3) is 5.91 Å². The van der Waals surface area contributed by atoms with Crippen molar-refractivity contribution < 1.29 is 18.0 Å². The van der Waals surface area contributed by atoms with Crippen molar-refractivity contribution in [2.75, 3.05) is 0 Å². The molecule has 1 aliphatic rings. The lowest BCUT2D eigenvalue weighted by Crippen LogP contribution is -2.19. The van der Waals surface area contributed by atoms with Gasteiger partial charge in [0, 0.05) is 22.8 Å². The van der Waals surface area contributed by atoms with Gasteiger partial charge in [0.2, 0.25) is 0 Å². The Morgan fingerprint density at radius 2 is 2.00 bits per heavy atom. The smallest absolute Gasteiger partial charge is 0.301 e. The van der Waals surface area contributed by atoms with Gasteiger partial charge in [-0.2, -0.15) is 18.3 Å². The molecule has 0 spiro atoms. The van der Waals surface area contributed by atoms with Crippen molar-refractivity contribution in [1.82, 2.24) is 20.1 Å². The summed E-state index contributed by atoms with van der Waals surface area (Å²) in [4.78, 5) is 21.4. The van der Waals surface area contributed by atoms with E-state index in [0.29, 0.717) is 22.1 Å². The van der Waals surface area contributed by atoms with Gasteiger partial charge in [-0.05, 0) is 64.9 Å². The average molecular weight is 528 g/mol. The Kier molecular flexibility index (Phi) is 6.55. The second kappa shape index (κ2) is 9.79. The Morgan fingerprint density at radius 1 is 1.14 bits per heavy atom. The number of amides is 1. The van der Waals surface area contributed by atoms with Gasteiger partial charge < -0.3 is 5.32 Å². The van der Waals surface area contributed by atoms with Crippen LogP contribution in [0.25, 0.3) is 17.0 Å². The van der Waals surface area contributed by atoms with Crippen LogP contribution in [0, 0.1) is 0 Å². The number of alkyl halides is 3. The van der Waals surface area contributed by atoms with E-state index in [1.165, 1.54) is 28.6 Å². The number of halogens is 4. The molecular weight excluding hydrogens is 511 g/mol. The van der Waals surface area contributed by atoms with Gasteiger partial charge in [0.1, 0.15) is 0 Å². The molecule has 3 heterocycles. The van der Waals surface area contributed by atoms with Gasteiger partial charge in [-0.15, -0.1) is 0 Å². The van der Waals surface area contributed by atoms with Crippen LogP contribution in [0.3, 0.4) is 0 Å². The molecule has 1 aliphatic heterocycles. The van der Waals surface area contributed by atoms with Gasteiger partial charge in [0.05, 0.1) is 35.3 Å². The first-order valence-electron chi connectivity index (χ1n) is 10.7. The van der Waals surface area contributed by atoms with E-state index in [-0.39, 0.29) is 23.0 Å². The zero-order valence-electron chi connectivity index (χ0n) is 18.5. The maximum Gasteiger partial charge on any atom is 0.416 e. The molecule has 0 unspecified atom stereocenters. The molecule has 1 N–H and O–H groups in total. The molecule has 1 fully saturated rings. The molecule has 0 saturated carbocycles. The summed E-state index contributed by atoms with van der Waals surface area (Å²) < 4.78 is 41.9. The third kappa shape index (κ3) is 5.29. The first-order valence-corrected chi connectivity index (χ1v) is 11.9. The monoisotopic (exact) mass is 527 g/mol. The lowest BCUT2D eigenvalue weighted by atomic mass is 10.1. The second-order valence-corrected chi connectivity index (χ2v) is 9.43. The molecule has 2 aromatic heterocycles. The Labute approximate surface area is 212 Å². The van der Waals surface area contributed by atoms with Crippen molar-refractivity contribution in [3.63, 3.8) is 0 Å². The summed E-state index contributed by atoms with van der Waals surface area (Å²) in [6, 6.07) is 12.8. The van der Waals surface area contributed by atoms with Crippen LogP contribution in [0.15, 0.2) is 77.0 Å². The van der Waals surface area contributed by atoms with Gasteiger partial charge in [-0.1, -0.05) is 29.8 Å². The SMILES string of the molecule is O=C1NC(=NCc2cccnc2)SC1=Cc1ccc2c(cnn2Cc2ccc(Cl)cc2C(F)(F)F)c1. The maximum atomic E-state index is 13.5. The highest BCUT2D eigenvalue weighted by Gasteiger charge is 2.33. The van der Waals surface area contributed by atoms with Crippen molar-refractivity contribution in [3.8, 4) is 0 Å². The molecule has 182 valence electrons. The number of rotatable bonds is 5. The van der Waals surface area contributed by atoms with Crippen molar-refractivity contribution in [2.24, 2.45) is 4.99 Å². The first-order chi connectivity index (χ1) is 17.3. The van der Waals surface area contributed by atoms with E-state index in [1.54, 1.807) is 36.8 Å². The number of nitrogens with one attached hydrogen (secondary N) is 1. The summed E-state index contributed by atoms with van der Waals surface area (Å²) in [6.45, 7) is 0.337. The number of pyridine rings is 1. The predicted octanol–water partition coefficient (Wildman–Crippen LogP) is 5.91. The minimum absolute atomic E-state index is 0.0215. The lowest BCUT2D eigenvalue weighted by molar-refractivity contribution is -0.138. The zero-order chi connectivity index (χ0) is 25.3. The molecule has 6 nitrogen and oxygen atoms in total. The van der Waals surface area contributed by atoms with E-state index in [0.717, 1.165) is 22.6 Å². The minimum Gasteiger partial charge on any atom is -0.301 e. The van der Waals surface area contributed by atoms with Crippen molar-refractivity contribution in [1.29, 1.82) is 0 Å². The molecule has 1 saturated heterocycles. The maximum absolute atomic E-state index is 13.5. The highest BCUT2D eigenvalue weighted by atomic mass is 35.5. The largest absolute Gasteiger partial charge is 0.416 e. The Balaban J connectivity index is 1.35. The fraction of sp³-hybridized carbons (Fsp3) is 0.120. The molecule has 5 rings (SSSR count). The predicted molar refractivity (Wildman–Crippen MR) is 134 cm³/mol. The summed E-state index contributed by atoms with van der Waals surface area (Å²) in [5.74, 6) is -0.247. The number of thioether (sulfide) groups is 1. The van der Waals surface area contributed by atoms with Crippen molar-refractivity contribution in [3.05, 3.63) is 99.3 Å². The number of amidine groups is 1. The van der Waals surface area contributed by atoms with Crippen LogP contribution in [0.5, 0.6) is 0 Å². The molecular formula is C25H17ClF3N5OS.